The van der Waals surface area contributed by atoms with Gasteiger partial charge in [0, 0.05) is 30.7 Å². The van der Waals surface area contributed by atoms with E-state index in [0.29, 0.717) is 22.3 Å². The second-order valence-electron chi connectivity index (χ2n) is 4.50. The molecule has 0 spiro atoms. The summed E-state index contributed by atoms with van der Waals surface area (Å²) in [6, 6.07) is 5.13. The second-order valence-corrected chi connectivity index (χ2v) is 5.35. The molecular formula is C13H16Cl2N2O2. The molecule has 1 atom stereocenters. The Morgan fingerprint density at radius 1 is 1.53 bits per heavy atom. The Morgan fingerprint density at radius 2 is 2.32 bits per heavy atom. The molecule has 0 radical (unpaired) electrons. The summed E-state index contributed by atoms with van der Waals surface area (Å²) in [6.07, 6.45) is 0. The first kappa shape index (κ1) is 14.4. The summed E-state index contributed by atoms with van der Waals surface area (Å²) >= 11 is 11.8. The highest BCUT2D eigenvalue weighted by atomic mass is 35.5. The second kappa shape index (κ2) is 6.46. The van der Waals surface area contributed by atoms with Gasteiger partial charge in [-0.3, -0.25) is 4.79 Å². The van der Waals surface area contributed by atoms with Crippen LogP contribution in [0.15, 0.2) is 18.2 Å². The molecule has 2 rings (SSSR count). The van der Waals surface area contributed by atoms with Crippen LogP contribution in [0.2, 0.25) is 10.0 Å². The fourth-order valence-corrected chi connectivity index (χ4v) is 2.49. The topological polar surface area (TPSA) is 41.6 Å². The third kappa shape index (κ3) is 3.75. The zero-order chi connectivity index (χ0) is 13.8. The van der Waals surface area contributed by atoms with Crippen LogP contribution in [0.3, 0.4) is 0 Å². The van der Waals surface area contributed by atoms with Crippen LogP contribution in [-0.2, 0) is 4.79 Å². The number of carbonyl (C=O) groups is 1. The van der Waals surface area contributed by atoms with E-state index in [1.807, 2.05) is 11.8 Å². The molecule has 1 aliphatic rings. The Labute approximate surface area is 122 Å². The van der Waals surface area contributed by atoms with Crippen LogP contribution in [0, 0.1) is 0 Å². The standard InChI is InChI=1S/C13H16Cl2N2O2/c1-9-7-16-4-5-17(9)13(18)8-19-12-3-2-10(14)6-11(12)15/h2-3,6,9,16H,4-5,7-8H2,1H3. The molecule has 1 fully saturated rings. The Balaban J connectivity index is 1.92. The first-order chi connectivity index (χ1) is 9.08. The van der Waals surface area contributed by atoms with Gasteiger partial charge in [-0.2, -0.15) is 0 Å². The summed E-state index contributed by atoms with van der Waals surface area (Å²) in [4.78, 5) is 13.9. The maximum absolute atomic E-state index is 12.1. The highest BCUT2D eigenvalue weighted by Crippen LogP contribution is 2.27. The Hall–Kier alpha value is -0.970. The molecule has 19 heavy (non-hydrogen) atoms. The minimum Gasteiger partial charge on any atom is -0.482 e. The van der Waals surface area contributed by atoms with Crippen molar-refractivity contribution in [1.29, 1.82) is 0 Å². The lowest BCUT2D eigenvalue weighted by atomic mass is 10.2. The molecule has 1 amide bonds. The van der Waals surface area contributed by atoms with Crippen molar-refractivity contribution in [3.8, 4) is 5.75 Å². The van der Waals surface area contributed by atoms with Gasteiger partial charge in [-0.1, -0.05) is 23.2 Å². The number of carbonyl (C=O) groups excluding carboxylic acids is 1. The summed E-state index contributed by atoms with van der Waals surface area (Å²) in [5.74, 6) is 0.447. The van der Waals surface area contributed by atoms with Crippen molar-refractivity contribution in [2.75, 3.05) is 26.2 Å². The van der Waals surface area contributed by atoms with Gasteiger partial charge >= 0.3 is 0 Å². The first-order valence-electron chi connectivity index (χ1n) is 6.16. The predicted molar refractivity (Wildman–Crippen MR) is 76.0 cm³/mol. The molecule has 1 heterocycles. The molecule has 4 nitrogen and oxygen atoms in total. The lowest BCUT2D eigenvalue weighted by molar-refractivity contribution is -0.136. The number of hydrogen-bond acceptors (Lipinski definition) is 3. The van der Waals surface area contributed by atoms with Gasteiger partial charge in [0.05, 0.1) is 5.02 Å². The maximum Gasteiger partial charge on any atom is 0.260 e. The Morgan fingerprint density at radius 3 is 3.00 bits per heavy atom. The Bertz CT molecular complexity index is 468. The lowest BCUT2D eigenvalue weighted by Gasteiger charge is -2.33. The minimum atomic E-state index is -0.0278. The maximum atomic E-state index is 12.1. The van der Waals surface area contributed by atoms with Crippen LogP contribution in [-0.4, -0.2) is 43.1 Å². The van der Waals surface area contributed by atoms with Crippen LogP contribution in [0.4, 0.5) is 0 Å². The van der Waals surface area contributed by atoms with Gasteiger partial charge in [0.1, 0.15) is 5.75 Å². The first-order valence-corrected chi connectivity index (χ1v) is 6.91. The third-order valence-electron chi connectivity index (χ3n) is 3.07. The average Bonchev–Trinajstić information content (AvgIpc) is 2.38. The molecule has 1 saturated heterocycles. The van der Waals surface area contributed by atoms with Crippen molar-refractivity contribution in [1.82, 2.24) is 10.2 Å². The number of nitrogens with zero attached hydrogens (tertiary/aromatic N) is 1. The Kier molecular flexibility index (Phi) is 4.91. The molecule has 1 aliphatic heterocycles. The average molecular weight is 303 g/mol. The zero-order valence-electron chi connectivity index (χ0n) is 10.7. The third-order valence-corrected chi connectivity index (χ3v) is 3.60. The van der Waals surface area contributed by atoms with Crippen molar-refractivity contribution in [3.05, 3.63) is 28.2 Å². The van der Waals surface area contributed by atoms with E-state index >= 15 is 0 Å². The van der Waals surface area contributed by atoms with Crippen molar-refractivity contribution >= 4 is 29.1 Å². The van der Waals surface area contributed by atoms with E-state index in [-0.39, 0.29) is 18.6 Å². The van der Waals surface area contributed by atoms with Crippen LogP contribution >= 0.6 is 23.2 Å². The van der Waals surface area contributed by atoms with Crippen LogP contribution in [0.5, 0.6) is 5.75 Å². The van der Waals surface area contributed by atoms with Crippen LogP contribution < -0.4 is 10.1 Å². The smallest absolute Gasteiger partial charge is 0.260 e. The van der Waals surface area contributed by atoms with Gasteiger partial charge in [-0.05, 0) is 25.1 Å². The molecule has 0 saturated carbocycles. The molecule has 1 aromatic carbocycles. The fraction of sp³-hybridized carbons (Fsp3) is 0.462. The zero-order valence-corrected chi connectivity index (χ0v) is 12.2. The summed E-state index contributed by atoms with van der Waals surface area (Å²) in [7, 11) is 0. The summed E-state index contributed by atoms with van der Waals surface area (Å²) < 4.78 is 5.45. The highest BCUT2D eigenvalue weighted by molar-refractivity contribution is 6.35. The van der Waals surface area contributed by atoms with Gasteiger partial charge in [-0.25, -0.2) is 0 Å². The number of rotatable bonds is 3. The van der Waals surface area contributed by atoms with Gasteiger partial charge in [0.25, 0.3) is 5.91 Å². The molecule has 104 valence electrons. The van der Waals surface area contributed by atoms with Gasteiger partial charge in [0.2, 0.25) is 0 Å². The van der Waals surface area contributed by atoms with Gasteiger partial charge < -0.3 is 15.0 Å². The molecular weight excluding hydrogens is 287 g/mol. The van der Waals surface area contributed by atoms with E-state index in [1.54, 1.807) is 18.2 Å². The van der Waals surface area contributed by atoms with Crippen molar-refractivity contribution in [2.45, 2.75) is 13.0 Å². The van der Waals surface area contributed by atoms with E-state index in [4.69, 9.17) is 27.9 Å². The quantitative estimate of drug-likeness (QED) is 0.930. The number of nitrogens with one attached hydrogen (secondary N) is 1. The van der Waals surface area contributed by atoms with Crippen LogP contribution in [0.1, 0.15) is 6.92 Å². The number of ether oxygens (including phenoxy) is 1. The highest BCUT2D eigenvalue weighted by Gasteiger charge is 2.23. The van der Waals surface area contributed by atoms with Crippen molar-refractivity contribution < 1.29 is 9.53 Å². The summed E-state index contributed by atoms with van der Waals surface area (Å²) in [5.41, 5.74) is 0. The largest absolute Gasteiger partial charge is 0.482 e. The number of piperazine rings is 1. The molecule has 1 aromatic rings. The molecule has 0 aliphatic carbocycles. The monoisotopic (exact) mass is 302 g/mol. The number of halogens is 2. The number of benzene rings is 1. The predicted octanol–water partition coefficient (Wildman–Crippen LogP) is 2.19. The number of hydrogen-bond donors (Lipinski definition) is 1. The molecule has 1 N–H and O–H groups in total. The summed E-state index contributed by atoms with van der Waals surface area (Å²) in [6.45, 7) is 4.34. The van der Waals surface area contributed by atoms with E-state index in [2.05, 4.69) is 5.32 Å². The van der Waals surface area contributed by atoms with Crippen molar-refractivity contribution in [3.63, 3.8) is 0 Å². The van der Waals surface area contributed by atoms with E-state index < -0.39 is 0 Å². The molecule has 1 unspecified atom stereocenters. The van der Waals surface area contributed by atoms with Gasteiger partial charge in [0.15, 0.2) is 6.61 Å². The fourth-order valence-electron chi connectivity index (χ4n) is 2.03. The molecule has 0 bridgehead atoms. The lowest BCUT2D eigenvalue weighted by Crippen LogP contribution is -2.53. The van der Waals surface area contributed by atoms with Gasteiger partial charge in [-0.15, -0.1) is 0 Å². The SMILES string of the molecule is CC1CNCCN1C(=O)COc1ccc(Cl)cc1Cl. The summed E-state index contributed by atoms with van der Waals surface area (Å²) in [5, 5.41) is 4.19. The molecule has 0 aromatic heterocycles. The van der Waals surface area contributed by atoms with Crippen LogP contribution in [0.25, 0.3) is 0 Å². The van der Waals surface area contributed by atoms with E-state index in [1.165, 1.54) is 0 Å². The van der Waals surface area contributed by atoms with E-state index in [9.17, 15) is 4.79 Å². The minimum absolute atomic E-state index is 0.00824. The number of amides is 1. The van der Waals surface area contributed by atoms with E-state index in [0.717, 1.165) is 13.1 Å². The molecule has 6 heteroatoms. The van der Waals surface area contributed by atoms with Crippen molar-refractivity contribution in [2.24, 2.45) is 0 Å². The normalized spacial score (nSPS) is 19.3.